The van der Waals surface area contributed by atoms with Crippen LogP contribution in [0, 0.1) is 15.9 Å². The molecule has 138 valence electrons. The van der Waals surface area contributed by atoms with Crippen LogP contribution < -0.4 is 4.74 Å². The number of carbonyl (C=O) groups is 1. The quantitative estimate of drug-likeness (QED) is 0.309. The van der Waals surface area contributed by atoms with Gasteiger partial charge in [-0.05, 0) is 29.7 Å². The van der Waals surface area contributed by atoms with Crippen LogP contribution in [0.5, 0.6) is 5.75 Å². The van der Waals surface area contributed by atoms with Gasteiger partial charge in [0.25, 0.3) is 0 Å². The van der Waals surface area contributed by atoms with Gasteiger partial charge in [-0.3, -0.25) is 10.1 Å². The molecule has 2 rings (SSSR count). The lowest BCUT2D eigenvalue weighted by Crippen LogP contribution is -2.12. The summed E-state index contributed by atoms with van der Waals surface area (Å²) in [6, 6.07) is 9.68. The number of esters is 1. The monoisotopic (exact) mass is 363 g/mol. The zero-order valence-corrected chi connectivity index (χ0v) is 14.4. The number of ether oxygens (including phenoxy) is 3. The van der Waals surface area contributed by atoms with Gasteiger partial charge in [-0.2, -0.15) is 4.39 Å². The van der Waals surface area contributed by atoms with Crippen LogP contribution in [0.1, 0.15) is 21.5 Å². The van der Waals surface area contributed by atoms with Crippen LogP contribution in [0.25, 0.3) is 0 Å². The number of nitro benzene ring substituents is 1. The number of carbonyl (C=O) groups excluding carboxylic acids is 1. The first kappa shape index (κ1) is 19.3. The number of halogens is 1. The number of methoxy groups -OCH3 is 2. The Kier molecular flexibility index (Phi) is 6.62. The van der Waals surface area contributed by atoms with E-state index in [1.807, 2.05) is 12.1 Å². The Morgan fingerprint density at radius 2 is 1.85 bits per heavy atom. The van der Waals surface area contributed by atoms with Crippen molar-refractivity contribution in [2.75, 3.05) is 20.8 Å². The molecule has 7 nitrogen and oxygen atoms in total. The van der Waals surface area contributed by atoms with E-state index in [0.717, 1.165) is 24.5 Å². The molecule has 0 heterocycles. The van der Waals surface area contributed by atoms with Gasteiger partial charge in [0.2, 0.25) is 5.82 Å². The molecule has 0 aliphatic carbocycles. The average Bonchev–Trinajstić information content (AvgIpc) is 2.65. The summed E-state index contributed by atoms with van der Waals surface area (Å²) in [6.45, 7) is 0.528. The van der Waals surface area contributed by atoms with E-state index >= 15 is 0 Å². The van der Waals surface area contributed by atoms with E-state index in [1.54, 1.807) is 19.2 Å². The van der Waals surface area contributed by atoms with Gasteiger partial charge < -0.3 is 14.2 Å². The molecule has 0 saturated heterocycles. The molecule has 0 N–H and O–H groups in total. The number of rotatable bonds is 8. The molecule has 0 aromatic heterocycles. The maximum absolute atomic E-state index is 14.3. The molecule has 26 heavy (non-hydrogen) atoms. The summed E-state index contributed by atoms with van der Waals surface area (Å²) in [5.74, 6) is -1.43. The summed E-state index contributed by atoms with van der Waals surface area (Å²) in [7, 11) is 2.66. The van der Waals surface area contributed by atoms with Gasteiger partial charge in [0.15, 0.2) is 0 Å². The second kappa shape index (κ2) is 8.91. The summed E-state index contributed by atoms with van der Waals surface area (Å²) in [6.07, 6.45) is 0.204. The van der Waals surface area contributed by atoms with Crippen molar-refractivity contribution in [1.29, 1.82) is 0 Å². The first-order valence-electron chi connectivity index (χ1n) is 7.72. The van der Waals surface area contributed by atoms with Crippen LogP contribution >= 0.6 is 0 Å². The third-order valence-electron chi connectivity index (χ3n) is 3.74. The van der Waals surface area contributed by atoms with Crippen molar-refractivity contribution in [1.82, 2.24) is 0 Å². The number of nitrogens with zero attached hydrogens (tertiary/aromatic N) is 1. The van der Waals surface area contributed by atoms with Crippen LogP contribution in [0.3, 0.4) is 0 Å². The van der Waals surface area contributed by atoms with E-state index in [2.05, 4.69) is 4.74 Å². The summed E-state index contributed by atoms with van der Waals surface area (Å²) in [5, 5.41) is 10.8. The van der Waals surface area contributed by atoms with Crippen molar-refractivity contribution in [2.45, 2.75) is 13.0 Å². The second-order valence-electron chi connectivity index (χ2n) is 5.33. The normalized spacial score (nSPS) is 10.4. The molecule has 0 aliphatic rings. The minimum atomic E-state index is -1.20. The molecule has 0 unspecified atom stereocenters. The lowest BCUT2D eigenvalue weighted by Gasteiger charge is -2.10. The highest BCUT2D eigenvalue weighted by molar-refractivity contribution is 5.92. The second-order valence-corrected chi connectivity index (χ2v) is 5.33. The molecule has 0 spiro atoms. The minimum Gasteiger partial charge on any atom is -0.497 e. The van der Waals surface area contributed by atoms with E-state index in [4.69, 9.17) is 9.47 Å². The third kappa shape index (κ3) is 4.54. The predicted octanol–water partition coefficient (Wildman–Crippen LogP) is 3.29. The van der Waals surface area contributed by atoms with Crippen LogP contribution in [0.4, 0.5) is 10.1 Å². The molecule has 0 fully saturated rings. The summed E-state index contributed by atoms with van der Waals surface area (Å²) < 4.78 is 29.4. The fourth-order valence-corrected chi connectivity index (χ4v) is 2.37. The largest absolute Gasteiger partial charge is 0.497 e. The number of nitro groups is 1. The smallest absolute Gasteiger partial charge is 0.341 e. The Labute approximate surface area is 149 Å². The van der Waals surface area contributed by atoms with Gasteiger partial charge in [-0.25, -0.2) is 4.79 Å². The van der Waals surface area contributed by atoms with E-state index in [0.29, 0.717) is 6.61 Å². The van der Waals surface area contributed by atoms with Crippen molar-refractivity contribution in [3.8, 4) is 5.75 Å². The summed E-state index contributed by atoms with van der Waals surface area (Å²) in [4.78, 5) is 21.8. The summed E-state index contributed by atoms with van der Waals surface area (Å²) >= 11 is 0. The topological polar surface area (TPSA) is 87.9 Å². The third-order valence-corrected chi connectivity index (χ3v) is 3.74. The molecule has 2 aromatic rings. The Bertz CT molecular complexity index is 791. The Hall–Kier alpha value is -3.00. The van der Waals surface area contributed by atoms with Crippen molar-refractivity contribution < 1.29 is 28.3 Å². The highest BCUT2D eigenvalue weighted by atomic mass is 19.1. The first-order chi connectivity index (χ1) is 12.5. The fourth-order valence-electron chi connectivity index (χ4n) is 2.37. The molecule has 0 amide bonds. The van der Waals surface area contributed by atoms with E-state index in [-0.39, 0.29) is 18.6 Å². The van der Waals surface area contributed by atoms with Crippen LogP contribution in [-0.4, -0.2) is 31.7 Å². The Balaban J connectivity index is 2.05. The maximum Gasteiger partial charge on any atom is 0.341 e. The molecule has 0 bridgehead atoms. The van der Waals surface area contributed by atoms with Gasteiger partial charge in [0, 0.05) is 6.07 Å². The van der Waals surface area contributed by atoms with E-state index in [1.165, 1.54) is 6.07 Å². The zero-order valence-electron chi connectivity index (χ0n) is 14.4. The van der Waals surface area contributed by atoms with Gasteiger partial charge in [0.1, 0.15) is 11.3 Å². The number of hydrogen-bond acceptors (Lipinski definition) is 6. The predicted molar refractivity (Wildman–Crippen MR) is 90.7 cm³/mol. The zero-order chi connectivity index (χ0) is 19.1. The Morgan fingerprint density at radius 1 is 1.15 bits per heavy atom. The van der Waals surface area contributed by atoms with Crippen LogP contribution in [-0.2, 0) is 22.5 Å². The van der Waals surface area contributed by atoms with Gasteiger partial charge in [-0.15, -0.1) is 0 Å². The maximum atomic E-state index is 14.3. The summed E-state index contributed by atoms with van der Waals surface area (Å²) in [5.41, 5.74) is 0.00611. The highest BCUT2D eigenvalue weighted by Gasteiger charge is 2.26. The lowest BCUT2D eigenvalue weighted by atomic mass is 10.0. The SMILES string of the molecule is COC(=O)c1c(CCOCc2ccc(OC)cc2)ccc([N+](=O)[O-])c1F. The van der Waals surface area contributed by atoms with Crippen LogP contribution in [0.15, 0.2) is 36.4 Å². The van der Waals surface area contributed by atoms with Gasteiger partial charge in [-0.1, -0.05) is 18.2 Å². The van der Waals surface area contributed by atoms with Crippen molar-refractivity contribution in [2.24, 2.45) is 0 Å². The molecule has 0 atom stereocenters. The Morgan fingerprint density at radius 3 is 2.42 bits per heavy atom. The molecule has 8 heteroatoms. The van der Waals surface area contributed by atoms with Gasteiger partial charge >= 0.3 is 11.7 Å². The standard InChI is InChI=1S/C18H18FNO6/c1-24-14-6-3-12(4-7-14)11-26-10-9-13-5-8-15(20(22)23)17(19)16(13)18(21)25-2/h3-8H,9-11H2,1-2H3. The highest BCUT2D eigenvalue weighted by Crippen LogP contribution is 2.25. The van der Waals surface area contributed by atoms with Crippen LogP contribution in [0.2, 0.25) is 0 Å². The first-order valence-corrected chi connectivity index (χ1v) is 7.72. The lowest BCUT2D eigenvalue weighted by molar-refractivity contribution is -0.387. The number of hydrogen-bond donors (Lipinski definition) is 0. The average molecular weight is 363 g/mol. The molecular weight excluding hydrogens is 345 g/mol. The fraction of sp³-hybridized carbons (Fsp3) is 0.278. The molecular formula is C18H18FNO6. The minimum absolute atomic E-state index is 0.202. The number of benzene rings is 2. The van der Waals surface area contributed by atoms with E-state index < -0.39 is 28.0 Å². The van der Waals surface area contributed by atoms with Crippen molar-refractivity contribution >= 4 is 11.7 Å². The van der Waals surface area contributed by atoms with E-state index in [9.17, 15) is 19.3 Å². The molecule has 0 saturated carbocycles. The molecule has 2 aromatic carbocycles. The van der Waals surface area contributed by atoms with Crippen molar-refractivity contribution in [3.63, 3.8) is 0 Å². The molecule has 0 aliphatic heterocycles. The molecule has 0 radical (unpaired) electrons. The van der Waals surface area contributed by atoms with Gasteiger partial charge in [0.05, 0.1) is 32.4 Å². The van der Waals surface area contributed by atoms with Crippen molar-refractivity contribution in [3.05, 3.63) is 69.0 Å².